The number of rotatable bonds is 1. The molecule has 0 aliphatic carbocycles. The first-order valence-electron chi connectivity index (χ1n) is 3.77. The third kappa shape index (κ3) is 1.09. The van der Waals surface area contributed by atoms with Crippen LogP contribution in [0.3, 0.4) is 0 Å². The molecule has 5 heteroatoms. The third-order valence-electron chi connectivity index (χ3n) is 1.93. The molecule has 2 heterocycles. The van der Waals surface area contributed by atoms with E-state index in [1.807, 2.05) is 0 Å². The lowest BCUT2D eigenvalue weighted by Crippen LogP contribution is -2.01. The van der Waals surface area contributed by atoms with Crippen LogP contribution in [0.25, 0.3) is 0 Å². The van der Waals surface area contributed by atoms with Gasteiger partial charge in [0.2, 0.25) is 0 Å². The molecule has 0 saturated heterocycles. The fourth-order valence-corrected chi connectivity index (χ4v) is 1.31. The second-order valence-electron chi connectivity index (χ2n) is 2.70. The van der Waals surface area contributed by atoms with Gasteiger partial charge >= 0.3 is 5.97 Å². The molecule has 68 valence electrons. The Bertz CT molecular complexity index is 375. The highest BCUT2D eigenvalue weighted by Crippen LogP contribution is 2.33. The van der Waals surface area contributed by atoms with Crippen LogP contribution in [0.2, 0.25) is 0 Å². The van der Waals surface area contributed by atoms with Gasteiger partial charge in [-0.2, -0.15) is 0 Å². The largest absolute Gasteiger partial charge is 0.505 e. The summed E-state index contributed by atoms with van der Waals surface area (Å²) in [5.74, 6) is -1.03. The zero-order valence-electron chi connectivity index (χ0n) is 6.65. The van der Waals surface area contributed by atoms with Crippen LogP contribution < -0.4 is 4.74 Å². The Balaban J connectivity index is 2.59. The summed E-state index contributed by atoms with van der Waals surface area (Å²) in [7, 11) is 0. The van der Waals surface area contributed by atoms with Crippen molar-refractivity contribution in [3.8, 4) is 11.5 Å². The highest BCUT2D eigenvalue weighted by Gasteiger charge is 2.22. The van der Waals surface area contributed by atoms with E-state index in [1.165, 1.54) is 6.20 Å². The number of hydrogen-bond donors (Lipinski definition) is 2. The Morgan fingerprint density at radius 3 is 3.08 bits per heavy atom. The number of carboxylic acid groups (broad SMARTS) is 1. The summed E-state index contributed by atoms with van der Waals surface area (Å²) >= 11 is 0. The molecule has 0 saturated carbocycles. The lowest BCUT2D eigenvalue weighted by atomic mass is 10.1. The van der Waals surface area contributed by atoms with Crippen LogP contribution in [-0.2, 0) is 6.42 Å². The van der Waals surface area contributed by atoms with Crippen molar-refractivity contribution in [1.82, 2.24) is 4.98 Å². The molecule has 0 aromatic carbocycles. The van der Waals surface area contributed by atoms with E-state index < -0.39 is 5.97 Å². The fourth-order valence-electron chi connectivity index (χ4n) is 1.31. The molecule has 1 aliphatic heterocycles. The standard InChI is InChI=1S/C8H7NO4/c10-7-4-1-2-13-5(4)3-9-6(7)8(11)12/h3,10H,1-2H2,(H,11,12). The van der Waals surface area contributed by atoms with Gasteiger partial charge in [-0.1, -0.05) is 0 Å². The number of aromatic hydroxyl groups is 1. The minimum atomic E-state index is -1.23. The first-order valence-corrected chi connectivity index (χ1v) is 3.77. The quantitative estimate of drug-likeness (QED) is 0.656. The van der Waals surface area contributed by atoms with Crippen LogP contribution in [0.15, 0.2) is 6.20 Å². The van der Waals surface area contributed by atoms with E-state index in [4.69, 9.17) is 9.84 Å². The van der Waals surface area contributed by atoms with Gasteiger partial charge in [0, 0.05) is 12.0 Å². The molecule has 5 nitrogen and oxygen atoms in total. The zero-order chi connectivity index (χ0) is 9.42. The molecule has 2 rings (SSSR count). The molecular weight excluding hydrogens is 174 g/mol. The molecule has 1 aromatic heterocycles. The predicted octanol–water partition coefficient (Wildman–Crippen LogP) is 0.420. The molecule has 0 atom stereocenters. The van der Waals surface area contributed by atoms with E-state index in [9.17, 15) is 9.90 Å². The molecule has 0 unspecified atom stereocenters. The van der Waals surface area contributed by atoms with Crippen molar-refractivity contribution in [3.63, 3.8) is 0 Å². The maximum absolute atomic E-state index is 10.6. The van der Waals surface area contributed by atoms with E-state index in [0.29, 0.717) is 24.3 Å². The molecule has 0 radical (unpaired) electrons. The molecule has 2 N–H and O–H groups in total. The minimum Gasteiger partial charge on any atom is -0.505 e. The van der Waals surface area contributed by atoms with Crippen LogP contribution in [0.4, 0.5) is 0 Å². The van der Waals surface area contributed by atoms with Gasteiger partial charge in [-0.05, 0) is 0 Å². The fraction of sp³-hybridized carbons (Fsp3) is 0.250. The van der Waals surface area contributed by atoms with E-state index in [-0.39, 0.29) is 11.4 Å². The van der Waals surface area contributed by atoms with Crippen LogP contribution >= 0.6 is 0 Å². The van der Waals surface area contributed by atoms with Gasteiger partial charge in [0.05, 0.1) is 12.8 Å². The van der Waals surface area contributed by atoms with E-state index in [0.717, 1.165) is 0 Å². The van der Waals surface area contributed by atoms with Gasteiger partial charge in [0.15, 0.2) is 11.4 Å². The lowest BCUT2D eigenvalue weighted by Gasteiger charge is -2.02. The van der Waals surface area contributed by atoms with Crippen molar-refractivity contribution in [3.05, 3.63) is 17.5 Å². The monoisotopic (exact) mass is 181 g/mol. The number of pyridine rings is 1. The minimum absolute atomic E-state index is 0.275. The summed E-state index contributed by atoms with van der Waals surface area (Å²) in [6, 6.07) is 0. The van der Waals surface area contributed by atoms with Gasteiger partial charge in [0.25, 0.3) is 0 Å². The maximum Gasteiger partial charge on any atom is 0.358 e. The number of carbonyl (C=O) groups is 1. The smallest absolute Gasteiger partial charge is 0.358 e. The Morgan fingerprint density at radius 1 is 1.62 bits per heavy atom. The topological polar surface area (TPSA) is 79.7 Å². The molecule has 0 amide bonds. The Hall–Kier alpha value is -1.78. The van der Waals surface area contributed by atoms with Crippen LogP contribution in [0, 0.1) is 0 Å². The third-order valence-corrected chi connectivity index (χ3v) is 1.93. The highest BCUT2D eigenvalue weighted by atomic mass is 16.5. The van der Waals surface area contributed by atoms with Gasteiger partial charge in [-0.15, -0.1) is 0 Å². The van der Waals surface area contributed by atoms with Gasteiger partial charge < -0.3 is 14.9 Å². The summed E-state index contributed by atoms with van der Waals surface area (Å²) in [4.78, 5) is 14.1. The molecular formula is C8H7NO4. The van der Waals surface area contributed by atoms with Crippen molar-refractivity contribution >= 4 is 5.97 Å². The summed E-state index contributed by atoms with van der Waals surface area (Å²) in [6.45, 7) is 0.466. The first-order chi connectivity index (χ1) is 6.20. The maximum atomic E-state index is 10.6. The SMILES string of the molecule is O=C(O)c1ncc2c(c1O)CCO2. The van der Waals surface area contributed by atoms with Crippen molar-refractivity contribution in [2.45, 2.75) is 6.42 Å². The number of aromatic nitrogens is 1. The molecule has 1 aromatic rings. The number of aromatic carboxylic acids is 1. The second-order valence-corrected chi connectivity index (χ2v) is 2.70. The van der Waals surface area contributed by atoms with Crippen molar-refractivity contribution < 1.29 is 19.7 Å². The highest BCUT2D eigenvalue weighted by molar-refractivity contribution is 5.89. The predicted molar refractivity (Wildman–Crippen MR) is 42.1 cm³/mol. The van der Waals surface area contributed by atoms with Crippen LogP contribution in [0.1, 0.15) is 16.1 Å². The van der Waals surface area contributed by atoms with Crippen LogP contribution in [-0.4, -0.2) is 27.8 Å². The second kappa shape index (κ2) is 2.62. The number of hydrogen-bond acceptors (Lipinski definition) is 4. The van der Waals surface area contributed by atoms with Crippen molar-refractivity contribution in [2.75, 3.05) is 6.61 Å². The lowest BCUT2D eigenvalue weighted by molar-refractivity contribution is 0.0687. The van der Waals surface area contributed by atoms with Gasteiger partial charge in [0.1, 0.15) is 5.75 Å². The number of ether oxygens (including phenoxy) is 1. The van der Waals surface area contributed by atoms with E-state index in [1.54, 1.807) is 0 Å². The van der Waals surface area contributed by atoms with Crippen molar-refractivity contribution in [2.24, 2.45) is 0 Å². The first kappa shape index (κ1) is 7.85. The molecule has 0 bridgehead atoms. The molecule has 0 fully saturated rings. The zero-order valence-corrected chi connectivity index (χ0v) is 6.65. The summed E-state index contributed by atoms with van der Waals surface area (Å²) in [5, 5.41) is 18.1. The van der Waals surface area contributed by atoms with Crippen molar-refractivity contribution in [1.29, 1.82) is 0 Å². The van der Waals surface area contributed by atoms with Gasteiger partial charge in [-0.3, -0.25) is 0 Å². The molecule has 0 spiro atoms. The molecule has 1 aliphatic rings. The molecule has 13 heavy (non-hydrogen) atoms. The normalized spacial score (nSPS) is 13.5. The average Bonchev–Trinajstić information content (AvgIpc) is 2.52. The Morgan fingerprint density at radius 2 is 2.38 bits per heavy atom. The van der Waals surface area contributed by atoms with E-state index in [2.05, 4.69) is 4.98 Å². The van der Waals surface area contributed by atoms with Crippen LogP contribution in [0.5, 0.6) is 11.5 Å². The summed E-state index contributed by atoms with van der Waals surface area (Å²) in [5.41, 5.74) is 0.219. The Labute approximate surface area is 73.6 Å². The number of fused-ring (bicyclic) bond motifs is 1. The summed E-state index contributed by atoms with van der Waals surface area (Å²) < 4.78 is 5.10. The number of nitrogens with zero attached hydrogens (tertiary/aromatic N) is 1. The van der Waals surface area contributed by atoms with E-state index >= 15 is 0 Å². The summed E-state index contributed by atoms with van der Waals surface area (Å²) in [6.07, 6.45) is 1.86. The number of carboxylic acids is 1. The Kier molecular flexibility index (Phi) is 1.58. The van der Waals surface area contributed by atoms with Gasteiger partial charge in [-0.25, -0.2) is 9.78 Å². The average molecular weight is 181 g/mol.